The molecular weight excluding hydrogens is 260 g/mol. The van der Waals surface area contributed by atoms with Crippen molar-refractivity contribution in [1.82, 2.24) is 0 Å². The molecule has 19 heavy (non-hydrogen) atoms. The minimum absolute atomic E-state index is 0.163. The Morgan fingerprint density at radius 1 is 1.16 bits per heavy atom. The van der Waals surface area contributed by atoms with Crippen LogP contribution >= 0.6 is 11.6 Å². The van der Waals surface area contributed by atoms with Crippen LogP contribution in [0.4, 0.5) is 5.69 Å². The molecule has 98 valence electrons. The summed E-state index contributed by atoms with van der Waals surface area (Å²) in [6.07, 6.45) is 0. The number of rotatable bonds is 3. The van der Waals surface area contributed by atoms with Crippen molar-refractivity contribution < 1.29 is 5.11 Å². The molecular formula is C15H15ClN2O. The van der Waals surface area contributed by atoms with Crippen LogP contribution in [0.15, 0.2) is 47.6 Å². The number of benzene rings is 2. The summed E-state index contributed by atoms with van der Waals surface area (Å²) in [7, 11) is 0. The molecule has 2 rings (SSSR count). The van der Waals surface area contributed by atoms with Gasteiger partial charge in [0.25, 0.3) is 0 Å². The molecule has 2 aromatic rings. The normalized spacial score (nSPS) is 11.4. The Hall–Kier alpha value is -2.00. The van der Waals surface area contributed by atoms with Gasteiger partial charge in [-0.3, -0.25) is 5.43 Å². The molecule has 0 fully saturated rings. The van der Waals surface area contributed by atoms with Gasteiger partial charge in [0, 0.05) is 10.6 Å². The Morgan fingerprint density at radius 3 is 2.53 bits per heavy atom. The van der Waals surface area contributed by atoms with Crippen LogP contribution < -0.4 is 5.43 Å². The molecule has 0 aromatic heterocycles. The average molecular weight is 275 g/mol. The maximum atomic E-state index is 9.77. The summed E-state index contributed by atoms with van der Waals surface area (Å²) in [6.45, 7) is 3.84. The van der Waals surface area contributed by atoms with E-state index >= 15 is 0 Å². The highest BCUT2D eigenvalue weighted by Gasteiger charge is 2.05. The van der Waals surface area contributed by atoms with Crippen LogP contribution in [0.3, 0.4) is 0 Å². The summed E-state index contributed by atoms with van der Waals surface area (Å²) in [5.41, 5.74) is 6.32. The van der Waals surface area contributed by atoms with Crippen LogP contribution in [0.25, 0.3) is 0 Å². The summed E-state index contributed by atoms with van der Waals surface area (Å²) < 4.78 is 0. The molecule has 0 amide bonds. The first-order valence-corrected chi connectivity index (χ1v) is 6.30. The van der Waals surface area contributed by atoms with E-state index in [1.165, 1.54) is 5.56 Å². The molecule has 0 saturated carbocycles. The van der Waals surface area contributed by atoms with Crippen molar-refractivity contribution >= 4 is 23.0 Å². The maximum absolute atomic E-state index is 9.77. The second-order valence-electron chi connectivity index (χ2n) is 4.34. The molecule has 0 aliphatic heterocycles. The molecule has 0 unspecified atom stereocenters. The topological polar surface area (TPSA) is 44.6 Å². The quantitative estimate of drug-likeness (QED) is 0.651. The van der Waals surface area contributed by atoms with Gasteiger partial charge in [0.2, 0.25) is 0 Å². The van der Waals surface area contributed by atoms with Crippen LogP contribution in [0.2, 0.25) is 5.02 Å². The number of anilines is 1. The lowest BCUT2D eigenvalue weighted by molar-refractivity contribution is 0.474. The van der Waals surface area contributed by atoms with Crippen molar-refractivity contribution in [3.05, 3.63) is 58.6 Å². The van der Waals surface area contributed by atoms with Crippen molar-refractivity contribution in [3.63, 3.8) is 0 Å². The lowest BCUT2D eigenvalue weighted by Gasteiger charge is -2.06. The number of hydrazone groups is 1. The van der Waals surface area contributed by atoms with Crippen molar-refractivity contribution in [2.24, 2.45) is 5.10 Å². The van der Waals surface area contributed by atoms with Crippen LogP contribution in [-0.4, -0.2) is 10.8 Å². The standard InChI is InChI=1S/C15H15ClN2O/c1-10-3-6-13(7-4-10)18-17-11(2)14-9-12(16)5-8-15(14)19/h3-9,18-19H,1-2H3/b17-11+. The number of nitrogens with zero attached hydrogens (tertiary/aromatic N) is 1. The molecule has 2 N–H and O–H groups in total. The van der Waals surface area contributed by atoms with E-state index in [4.69, 9.17) is 11.6 Å². The number of hydrogen-bond donors (Lipinski definition) is 2. The maximum Gasteiger partial charge on any atom is 0.124 e. The van der Waals surface area contributed by atoms with Gasteiger partial charge in [0.05, 0.1) is 11.4 Å². The predicted molar refractivity (Wildman–Crippen MR) is 80.1 cm³/mol. The van der Waals surface area contributed by atoms with Crippen LogP contribution in [0.5, 0.6) is 5.75 Å². The number of aromatic hydroxyl groups is 1. The lowest BCUT2D eigenvalue weighted by atomic mass is 10.1. The van der Waals surface area contributed by atoms with Crippen molar-refractivity contribution in [3.8, 4) is 5.75 Å². The summed E-state index contributed by atoms with van der Waals surface area (Å²) >= 11 is 5.91. The van der Waals surface area contributed by atoms with E-state index in [0.29, 0.717) is 16.3 Å². The number of hydrogen-bond acceptors (Lipinski definition) is 3. The van der Waals surface area contributed by atoms with E-state index in [2.05, 4.69) is 10.5 Å². The first kappa shape index (κ1) is 13.4. The summed E-state index contributed by atoms with van der Waals surface area (Å²) in [6, 6.07) is 12.8. The van der Waals surface area contributed by atoms with Crippen LogP contribution in [0, 0.1) is 6.92 Å². The largest absolute Gasteiger partial charge is 0.507 e. The van der Waals surface area contributed by atoms with Gasteiger partial charge in [0.1, 0.15) is 5.75 Å². The predicted octanol–water partition coefficient (Wildman–Crippen LogP) is 4.19. The minimum Gasteiger partial charge on any atom is -0.507 e. The molecule has 3 nitrogen and oxygen atoms in total. The zero-order valence-corrected chi connectivity index (χ0v) is 11.6. The van der Waals surface area contributed by atoms with Gasteiger partial charge in [-0.1, -0.05) is 29.3 Å². The van der Waals surface area contributed by atoms with Crippen molar-refractivity contribution in [2.75, 3.05) is 5.43 Å². The molecule has 0 spiro atoms. The van der Waals surface area contributed by atoms with Crippen molar-refractivity contribution in [1.29, 1.82) is 0 Å². The van der Waals surface area contributed by atoms with E-state index in [1.54, 1.807) is 18.2 Å². The van der Waals surface area contributed by atoms with Gasteiger partial charge in [-0.05, 0) is 44.2 Å². The third-order valence-corrected chi connectivity index (χ3v) is 2.99. The second-order valence-corrected chi connectivity index (χ2v) is 4.77. The number of halogens is 1. The molecule has 0 radical (unpaired) electrons. The summed E-state index contributed by atoms with van der Waals surface area (Å²) in [5, 5.41) is 14.6. The first-order valence-electron chi connectivity index (χ1n) is 5.92. The van der Waals surface area contributed by atoms with Crippen LogP contribution in [0.1, 0.15) is 18.1 Å². The van der Waals surface area contributed by atoms with Gasteiger partial charge in [-0.2, -0.15) is 5.10 Å². The molecule has 2 aromatic carbocycles. The smallest absolute Gasteiger partial charge is 0.124 e. The molecule has 0 bridgehead atoms. The Bertz CT molecular complexity index is 606. The zero-order chi connectivity index (χ0) is 13.8. The lowest BCUT2D eigenvalue weighted by Crippen LogP contribution is -2.00. The third kappa shape index (κ3) is 3.48. The summed E-state index contributed by atoms with van der Waals surface area (Å²) in [5.74, 6) is 0.163. The van der Waals surface area contributed by atoms with Gasteiger partial charge in [-0.25, -0.2) is 0 Å². The molecule has 4 heteroatoms. The number of nitrogens with one attached hydrogen (secondary N) is 1. The fourth-order valence-electron chi connectivity index (χ4n) is 1.63. The van der Waals surface area contributed by atoms with Gasteiger partial charge < -0.3 is 5.11 Å². The highest BCUT2D eigenvalue weighted by Crippen LogP contribution is 2.22. The number of aryl methyl sites for hydroxylation is 1. The van der Waals surface area contributed by atoms with Gasteiger partial charge in [0.15, 0.2) is 0 Å². The fraction of sp³-hybridized carbons (Fsp3) is 0.133. The first-order chi connectivity index (χ1) is 9.06. The van der Waals surface area contributed by atoms with E-state index in [1.807, 2.05) is 38.1 Å². The van der Waals surface area contributed by atoms with Crippen molar-refractivity contribution in [2.45, 2.75) is 13.8 Å². The van der Waals surface area contributed by atoms with E-state index < -0.39 is 0 Å². The monoisotopic (exact) mass is 274 g/mol. The molecule has 0 aliphatic carbocycles. The van der Waals surface area contributed by atoms with E-state index in [9.17, 15) is 5.11 Å². The molecule has 0 aliphatic rings. The average Bonchev–Trinajstić information content (AvgIpc) is 2.40. The Morgan fingerprint density at radius 2 is 1.84 bits per heavy atom. The molecule has 0 heterocycles. The SMILES string of the molecule is C/C(=N\Nc1ccc(C)cc1)c1cc(Cl)ccc1O. The highest BCUT2D eigenvalue weighted by atomic mass is 35.5. The third-order valence-electron chi connectivity index (χ3n) is 2.75. The second kappa shape index (κ2) is 5.76. The molecule has 0 saturated heterocycles. The van der Waals surface area contributed by atoms with Crippen LogP contribution in [-0.2, 0) is 0 Å². The van der Waals surface area contributed by atoms with E-state index in [0.717, 1.165) is 5.69 Å². The Kier molecular flexibility index (Phi) is 4.07. The number of phenols is 1. The zero-order valence-electron chi connectivity index (χ0n) is 10.8. The minimum atomic E-state index is 0.163. The highest BCUT2D eigenvalue weighted by molar-refractivity contribution is 6.31. The van der Waals surface area contributed by atoms with Gasteiger partial charge >= 0.3 is 0 Å². The van der Waals surface area contributed by atoms with Gasteiger partial charge in [-0.15, -0.1) is 0 Å². The fourth-order valence-corrected chi connectivity index (χ4v) is 1.81. The summed E-state index contributed by atoms with van der Waals surface area (Å²) in [4.78, 5) is 0. The Balaban J connectivity index is 2.19. The van der Waals surface area contributed by atoms with E-state index in [-0.39, 0.29) is 5.75 Å². The molecule has 0 atom stereocenters. The number of phenolic OH excluding ortho intramolecular Hbond substituents is 1. The Labute approximate surface area is 117 Å².